The zero-order valence-electron chi connectivity index (χ0n) is 10.2. The molecule has 2 N–H and O–H groups in total. The molecule has 0 fully saturated rings. The largest absolute Gasteiger partial charge is 0.396 e. The van der Waals surface area contributed by atoms with Gasteiger partial charge in [0.25, 0.3) is 0 Å². The van der Waals surface area contributed by atoms with Gasteiger partial charge in [-0.25, -0.2) is 0 Å². The van der Waals surface area contributed by atoms with E-state index in [0.29, 0.717) is 6.04 Å². The summed E-state index contributed by atoms with van der Waals surface area (Å²) in [5.74, 6) is 0. The second-order valence-corrected chi connectivity index (χ2v) is 5.94. The lowest BCUT2D eigenvalue weighted by atomic mass is 10.1. The first-order valence-electron chi connectivity index (χ1n) is 5.90. The van der Waals surface area contributed by atoms with Crippen molar-refractivity contribution in [2.24, 2.45) is 0 Å². The maximum atomic E-state index is 8.99. The number of hydrogen-bond donors (Lipinski definition) is 2. The van der Waals surface area contributed by atoms with E-state index in [-0.39, 0.29) is 12.6 Å². The van der Waals surface area contributed by atoms with Gasteiger partial charge in [0.1, 0.15) is 0 Å². The van der Waals surface area contributed by atoms with Crippen LogP contribution in [-0.4, -0.2) is 17.8 Å². The Morgan fingerprint density at radius 1 is 1.35 bits per heavy atom. The van der Waals surface area contributed by atoms with Gasteiger partial charge in [-0.05, 0) is 37.5 Å². The van der Waals surface area contributed by atoms with Gasteiger partial charge in [0.2, 0.25) is 0 Å². The summed E-state index contributed by atoms with van der Waals surface area (Å²) in [6.07, 6.45) is 1.83. The minimum Gasteiger partial charge on any atom is -0.396 e. The van der Waals surface area contributed by atoms with E-state index in [2.05, 4.69) is 63.2 Å². The summed E-state index contributed by atoms with van der Waals surface area (Å²) in [5, 5.41) is 12.5. The minimum atomic E-state index is 0.236. The normalized spacial score (nSPS) is 14.6. The fourth-order valence-corrected chi connectivity index (χ4v) is 3.25. The highest BCUT2D eigenvalue weighted by Crippen LogP contribution is 2.27. The van der Waals surface area contributed by atoms with E-state index in [1.54, 1.807) is 0 Å². The Morgan fingerprint density at radius 2 is 2.06 bits per heavy atom. The highest BCUT2D eigenvalue weighted by molar-refractivity contribution is 9.11. The summed E-state index contributed by atoms with van der Waals surface area (Å²) >= 11 is 7.03. The van der Waals surface area contributed by atoms with Crippen LogP contribution in [0.15, 0.2) is 27.1 Å². The van der Waals surface area contributed by atoms with Crippen molar-refractivity contribution in [3.05, 3.63) is 32.7 Å². The first-order valence-corrected chi connectivity index (χ1v) is 7.49. The van der Waals surface area contributed by atoms with Crippen molar-refractivity contribution in [2.45, 2.75) is 38.8 Å². The fourth-order valence-electron chi connectivity index (χ4n) is 1.86. The molecule has 0 aliphatic carbocycles. The van der Waals surface area contributed by atoms with E-state index in [9.17, 15) is 0 Å². The Hall–Kier alpha value is 0.1000. The first kappa shape index (κ1) is 15.2. The molecule has 1 aromatic carbocycles. The third kappa shape index (κ3) is 4.70. The standard InChI is InChI=1S/C13H19Br2NO/c1-3-11(6-7-17)16-9(2)12-5-4-10(14)8-13(12)15/h4-5,8-9,11,16-17H,3,6-7H2,1-2H3. The van der Waals surface area contributed by atoms with E-state index in [1.807, 2.05) is 6.07 Å². The minimum absolute atomic E-state index is 0.236. The number of aliphatic hydroxyl groups is 1. The highest BCUT2D eigenvalue weighted by Gasteiger charge is 2.13. The Labute approximate surface area is 120 Å². The monoisotopic (exact) mass is 363 g/mol. The topological polar surface area (TPSA) is 32.3 Å². The second-order valence-electron chi connectivity index (χ2n) is 4.17. The van der Waals surface area contributed by atoms with Gasteiger partial charge in [0.05, 0.1) is 0 Å². The molecule has 0 heterocycles. The third-order valence-electron chi connectivity index (χ3n) is 2.89. The summed E-state index contributed by atoms with van der Waals surface area (Å²) in [5.41, 5.74) is 1.24. The van der Waals surface area contributed by atoms with Crippen LogP contribution < -0.4 is 5.32 Å². The molecule has 0 aliphatic rings. The van der Waals surface area contributed by atoms with Gasteiger partial charge >= 0.3 is 0 Å². The molecule has 0 bridgehead atoms. The zero-order valence-corrected chi connectivity index (χ0v) is 13.4. The maximum Gasteiger partial charge on any atom is 0.0445 e. The number of rotatable bonds is 6. The lowest BCUT2D eigenvalue weighted by Gasteiger charge is -2.23. The van der Waals surface area contributed by atoms with Crippen molar-refractivity contribution in [3.8, 4) is 0 Å². The van der Waals surface area contributed by atoms with Gasteiger partial charge in [0, 0.05) is 27.6 Å². The average Bonchev–Trinajstić information content (AvgIpc) is 2.28. The Morgan fingerprint density at radius 3 is 2.59 bits per heavy atom. The van der Waals surface area contributed by atoms with Crippen molar-refractivity contribution in [1.29, 1.82) is 0 Å². The maximum absolute atomic E-state index is 8.99. The molecule has 96 valence electrons. The summed E-state index contributed by atoms with van der Waals surface area (Å²) < 4.78 is 2.17. The van der Waals surface area contributed by atoms with E-state index in [1.165, 1.54) is 5.56 Å². The molecule has 2 unspecified atom stereocenters. The molecule has 0 aliphatic heterocycles. The Kier molecular flexibility index (Phi) is 6.70. The number of nitrogens with one attached hydrogen (secondary N) is 1. The van der Waals surface area contributed by atoms with Gasteiger partial charge in [-0.1, -0.05) is 44.8 Å². The molecular weight excluding hydrogens is 346 g/mol. The lowest BCUT2D eigenvalue weighted by molar-refractivity contribution is 0.257. The Bertz CT molecular complexity index is 357. The van der Waals surface area contributed by atoms with Crippen LogP contribution in [0.2, 0.25) is 0 Å². The average molecular weight is 365 g/mol. The molecule has 0 saturated carbocycles. The summed E-state index contributed by atoms with van der Waals surface area (Å²) in [6.45, 7) is 4.52. The summed E-state index contributed by atoms with van der Waals surface area (Å²) in [6, 6.07) is 6.85. The van der Waals surface area contributed by atoms with E-state index in [4.69, 9.17) is 5.11 Å². The molecule has 0 radical (unpaired) electrons. The van der Waals surface area contributed by atoms with Crippen LogP contribution in [0.5, 0.6) is 0 Å². The van der Waals surface area contributed by atoms with Gasteiger partial charge < -0.3 is 10.4 Å². The molecule has 1 aromatic rings. The predicted molar refractivity (Wildman–Crippen MR) is 79.2 cm³/mol. The lowest BCUT2D eigenvalue weighted by Crippen LogP contribution is -2.32. The summed E-state index contributed by atoms with van der Waals surface area (Å²) in [7, 11) is 0. The highest BCUT2D eigenvalue weighted by atomic mass is 79.9. The van der Waals surface area contributed by atoms with Crippen molar-refractivity contribution in [3.63, 3.8) is 0 Å². The van der Waals surface area contributed by atoms with Crippen LogP contribution in [0.4, 0.5) is 0 Å². The quantitative estimate of drug-likeness (QED) is 0.798. The number of halogens is 2. The van der Waals surface area contributed by atoms with Crippen molar-refractivity contribution < 1.29 is 5.11 Å². The molecule has 2 atom stereocenters. The Balaban J connectivity index is 2.71. The molecule has 0 amide bonds. The first-order chi connectivity index (χ1) is 8.08. The van der Waals surface area contributed by atoms with Crippen LogP contribution in [0.3, 0.4) is 0 Å². The second kappa shape index (κ2) is 7.52. The molecule has 4 heteroatoms. The van der Waals surface area contributed by atoms with Crippen LogP contribution in [0.1, 0.15) is 38.3 Å². The van der Waals surface area contributed by atoms with E-state index < -0.39 is 0 Å². The zero-order chi connectivity index (χ0) is 12.8. The van der Waals surface area contributed by atoms with E-state index >= 15 is 0 Å². The molecule has 0 saturated heterocycles. The van der Waals surface area contributed by atoms with Gasteiger partial charge in [-0.3, -0.25) is 0 Å². The molecular formula is C13H19Br2NO. The summed E-state index contributed by atoms with van der Waals surface area (Å²) in [4.78, 5) is 0. The number of aliphatic hydroxyl groups excluding tert-OH is 1. The third-order valence-corrected chi connectivity index (χ3v) is 4.07. The molecule has 1 rings (SSSR count). The van der Waals surface area contributed by atoms with Crippen LogP contribution >= 0.6 is 31.9 Å². The van der Waals surface area contributed by atoms with Crippen molar-refractivity contribution in [2.75, 3.05) is 6.61 Å². The van der Waals surface area contributed by atoms with Crippen LogP contribution in [0.25, 0.3) is 0 Å². The van der Waals surface area contributed by atoms with Gasteiger partial charge in [-0.15, -0.1) is 0 Å². The van der Waals surface area contributed by atoms with Gasteiger partial charge in [-0.2, -0.15) is 0 Å². The van der Waals surface area contributed by atoms with Crippen LogP contribution in [-0.2, 0) is 0 Å². The predicted octanol–water partition coefficient (Wildman–Crippen LogP) is 4.02. The number of benzene rings is 1. The number of hydrogen-bond acceptors (Lipinski definition) is 2. The molecule has 0 spiro atoms. The molecule has 0 aromatic heterocycles. The SMILES string of the molecule is CCC(CCO)NC(C)c1ccc(Br)cc1Br. The van der Waals surface area contributed by atoms with E-state index in [0.717, 1.165) is 21.8 Å². The van der Waals surface area contributed by atoms with Crippen molar-refractivity contribution in [1.82, 2.24) is 5.32 Å². The molecule has 2 nitrogen and oxygen atoms in total. The van der Waals surface area contributed by atoms with Crippen LogP contribution in [0, 0.1) is 0 Å². The fraction of sp³-hybridized carbons (Fsp3) is 0.538. The molecule has 17 heavy (non-hydrogen) atoms. The smallest absolute Gasteiger partial charge is 0.0445 e. The van der Waals surface area contributed by atoms with Gasteiger partial charge in [0.15, 0.2) is 0 Å². The van der Waals surface area contributed by atoms with Crippen molar-refractivity contribution >= 4 is 31.9 Å².